The highest BCUT2D eigenvalue weighted by Gasteiger charge is 2.16. The molecule has 0 amide bonds. The summed E-state index contributed by atoms with van der Waals surface area (Å²) in [6, 6.07) is 15.4. The van der Waals surface area contributed by atoms with Gasteiger partial charge in [0.25, 0.3) is 0 Å². The summed E-state index contributed by atoms with van der Waals surface area (Å²) in [5.74, 6) is 0.487. The molecule has 4 rings (SSSR count). The van der Waals surface area contributed by atoms with Crippen LogP contribution < -0.4 is 0 Å². The number of benzene rings is 2. The van der Waals surface area contributed by atoms with E-state index in [1.807, 2.05) is 18.7 Å². The van der Waals surface area contributed by atoms with Gasteiger partial charge in [0, 0.05) is 30.2 Å². The van der Waals surface area contributed by atoms with Gasteiger partial charge in [-0.2, -0.15) is 0 Å². The van der Waals surface area contributed by atoms with Crippen LogP contribution in [0.25, 0.3) is 10.8 Å². The SMILES string of the molecule is S=C1CC=CC=C1CC(Cc1ccc2ccccc2c1)Cn1ccnc1. The first-order valence-electron chi connectivity index (χ1n) is 9.10. The second-order valence-corrected chi connectivity index (χ2v) is 7.46. The first-order valence-corrected chi connectivity index (χ1v) is 9.51. The van der Waals surface area contributed by atoms with Crippen molar-refractivity contribution in [3.63, 3.8) is 0 Å². The molecule has 0 saturated carbocycles. The number of hydrogen-bond donors (Lipinski definition) is 0. The number of fused-ring (bicyclic) bond motifs is 1. The molecular formula is C23H22N2S. The third-order valence-corrected chi connectivity index (χ3v) is 5.40. The Morgan fingerprint density at radius 1 is 1.08 bits per heavy atom. The molecule has 0 N–H and O–H groups in total. The summed E-state index contributed by atoms with van der Waals surface area (Å²) in [7, 11) is 0. The molecule has 0 radical (unpaired) electrons. The van der Waals surface area contributed by atoms with Gasteiger partial charge in [0.1, 0.15) is 0 Å². The van der Waals surface area contributed by atoms with Crippen molar-refractivity contribution < 1.29 is 0 Å². The lowest BCUT2D eigenvalue weighted by Gasteiger charge is -2.21. The predicted molar refractivity (Wildman–Crippen MR) is 112 cm³/mol. The topological polar surface area (TPSA) is 17.8 Å². The lowest BCUT2D eigenvalue weighted by molar-refractivity contribution is 0.441. The zero-order valence-electron chi connectivity index (χ0n) is 14.7. The summed E-state index contributed by atoms with van der Waals surface area (Å²) < 4.78 is 2.17. The number of thiocarbonyl (C=S) groups is 1. The fourth-order valence-electron chi connectivity index (χ4n) is 3.67. The molecule has 0 saturated heterocycles. The number of imidazole rings is 1. The van der Waals surface area contributed by atoms with Crippen molar-refractivity contribution in [2.75, 3.05) is 0 Å². The molecule has 1 heterocycles. The molecule has 0 spiro atoms. The van der Waals surface area contributed by atoms with Crippen molar-refractivity contribution in [3.8, 4) is 0 Å². The summed E-state index contributed by atoms with van der Waals surface area (Å²) in [5.41, 5.74) is 2.69. The fraction of sp³-hybridized carbons (Fsp3) is 0.217. The van der Waals surface area contributed by atoms with Crippen LogP contribution >= 0.6 is 12.2 Å². The Balaban J connectivity index is 1.57. The average molecular weight is 359 g/mol. The Hall–Kier alpha value is -2.52. The van der Waals surface area contributed by atoms with Gasteiger partial charge in [-0.1, -0.05) is 72.9 Å². The summed E-state index contributed by atoms with van der Waals surface area (Å²) in [4.78, 5) is 5.28. The maximum Gasteiger partial charge on any atom is 0.0946 e. The second-order valence-electron chi connectivity index (χ2n) is 6.96. The van der Waals surface area contributed by atoms with E-state index in [0.29, 0.717) is 5.92 Å². The molecule has 2 aromatic carbocycles. The molecule has 1 aliphatic rings. The lowest BCUT2D eigenvalue weighted by Crippen LogP contribution is -2.16. The van der Waals surface area contributed by atoms with Crippen molar-refractivity contribution in [1.29, 1.82) is 0 Å². The number of rotatable bonds is 6. The summed E-state index contributed by atoms with van der Waals surface area (Å²) in [6.07, 6.45) is 15.2. The minimum Gasteiger partial charge on any atom is -0.337 e. The van der Waals surface area contributed by atoms with Crippen LogP contribution in [-0.2, 0) is 13.0 Å². The van der Waals surface area contributed by atoms with E-state index >= 15 is 0 Å². The van der Waals surface area contributed by atoms with Gasteiger partial charge >= 0.3 is 0 Å². The van der Waals surface area contributed by atoms with Crippen molar-refractivity contribution in [1.82, 2.24) is 9.55 Å². The van der Waals surface area contributed by atoms with E-state index in [9.17, 15) is 0 Å². The number of aromatic nitrogens is 2. The Morgan fingerprint density at radius 2 is 1.96 bits per heavy atom. The number of nitrogens with zero attached hydrogens (tertiary/aromatic N) is 2. The number of allylic oxidation sites excluding steroid dienone is 4. The van der Waals surface area contributed by atoms with Crippen LogP contribution in [0.4, 0.5) is 0 Å². The minimum absolute atomic E-state index is 0.487. The highest BCUT2D eigenvalue weighted by Crippen LogP contribution is 2.25. The smallest absolute Gasteiger partial charge is 0.0946 e. The summed E-state index contributed by atoms with van der Waals surface area (Å²) >= 11 is 5.58. The van der Waals surface area contributed by atoms with Crippen LogP contribution in [0.1, 0.15) is 18.4 Å². The Bertz CT molecular complexity index is 967. The van der Waals surface area contributed by atoms with Gasteiger partial charge in [0.15, 0.2) is 0 Å². The van der Waals surface area contributed by atoms with Crippen LogP contribution in [-0.4, -0.2) is 14.4 Å². The van der Waals surface area contributed by atoms with Gasteiger partial charge in [0.05, 0.1) is 6.33 Å². The van der Waals surface area contributed by atoms with E-state index in [1.54, 1.807) is 0 Å². The third kappa shape index (κ3) is 4.00. The maximum atomic E-state index is 5.58. The molecule has 1 unspecified atom stereocenters. The van der Waals surface area contributed by atoms with E-state index in [1.165, 1.54) is 21.9 Å². The van der Waals surface area contributed by atoms with Gasteiger partial charge in [-0.15, -0.1) is 0 Å². The lowest BCUT2D eigenvalue weighted by atomic mass is 9.88. The van der Waals surface area contributed by atoms with Gasteiger partial charge in [-0.25, -0.2) is 4.98 Å². The summed E-state index contributed by atoms with van der Waals surface area (Å²) in [5, 5.41) is 2.60. The van der Waals surface area contributed by atoms with Crippen LogP contribution in [0.5, 0.6) is 0 Å². The van der Waals surface area contributed by atoms with Crippen molar-refractivity contribution >= 4 is 27.9 Å². The van der Waals surface area contributed by atoms with Gasteiger partial charge in [-0.3, -0.25) is 0 Å². The van der Waals surface area contributed by atoms with Crippen LogP contribution in [0, 0.1) is 5.92 Å². The van der Waals surface area contributed by atoms with E-state index in [4.69, 9.17) is 12.2 Å². The molecule has 2 nitrogen and oxygen atoms in total. The van der Waals surface area contributed by atoms with E-state index in [0.717, 1.165) is 30.7 Å². The zero-order valence-corrected chi connectivity index (χ0v) is 15.5. The molecule has 3 aromatic rings. The number of hydrogen-bond acceptors (Lipinski definition) is 2. The highest BCUT2D eigenvalue weighted by molar-refractivity contribution is 7.80. The molecule has 130 valence electrons. The summed E-state index contributed by atoms with van der Waals surface area (Å²) in [6.45, 7) is 0.955. The van der Waals surface area contributed by atoms with Crippen molar-refractivity contribution in [3.05, 3.63) is 90.6 Å². The van der Waals surface area contributed by atoms with E-state index in [-0.39, 0.29) is 0 Å². The van der Waals surface area contributed by atoms with Crippen molar-refractivity contribution in [2.45, 2.75) is 25.8 Å². The molecule has 26 heavy (non-hydrogen) atoms. The van der Waals surface area contributed by atoms with Crippen LogP contribution in [0.15, 0.2) is 85.0 Å². The molecule has 1 aromatic heterocycles. The quantitative estimate of drug-likeness (QED) is 0.538. The molecule has 0 aliphatic heterocycles. The zero-order chi connectivity index (χ0) is 17.8. The van der Waals surface area contributed by atoms with E-state index < -0.39 is 0 Å². The fourth-order valence-corrected chi connectivity index (χ4v) is 3.92. The molecule has 3 heteroatoms. The molecule has 0 bridgehead atoms. The highest BCUT2D eigenvalue weighted by atomic mass is 32.1. The van der Waals surface area contributed by atoms with Gasteiger partial charge in [0.2, 0.25) is 0 Å². The van der Waals surface area contributed by atoms with Crippen molar-refractivity contribution in [2.24, 2.45) is 5.92 Å². The maximum absolute atomic E-state index is 5.58. The first-order chi connectivity index (χ1) is 12.8. The monoisotopic (exact) mass is 358 g/mol. The van der Waals surface area contributed by atoms with Crippen LogP contribution in [0.3, 0.4) is 0 Å². The van der Waals surface area contributed by atoms with Crippen LogP contribution in [0.2, 0.25) is 0 Å². The molecule has 0 fully saturated rings. The van der Waals surface area contributed by atoms with E-state index in [2.05, 4.69) is 70.2 Å². The average Bonchev–Trinajstić information content (AvgIpc) is 3.16. The first kappa shape index (κ1) is 16.9. The second kappa shape index (κ2) is 7.79. The normalized spacial score (nSPS) is 15.2. The standard InChI is InChI=1S/C23H22N2S/c26-23-8-4-3-7-22(23)15-19(16-25-12-11-24-17-25)13-18-9-10-20-5-1-2-6-21(20)14-18/h1-7,9-12,14,17,19H,8,13,15-16H2. The Morgan fingerprint density at radius 3 is 2.77 bits per heavy atom. The van der Waals surface area contributed by atoms with Gasteiger partial charge < -0.3 is 4.57 Å². The Kier molecular flexibility index (Phi) is 5.07. The molecule has 1 aliphatic carbocycles. The van der Waals surface area contributed by atoms with Gasteiger partial charge in [-0.05, 0) is 40.7 Å². The largest absolute Gasteiger partial charge is 0.337 e. The Labute approximate surface area is 159 Å². The predicted octanol–water partition coefficient (Wildman–Crippen LogP) is 5.54. The molecule has 1 atom stereocenters. The molecular weight excluding hydrogens is 336 g/mol. The third-order valence-electron chi connectivity index (χ3n) is 4.97. The minimum atomic E-state index is 0.487.